The average molecular weight is 440 g/mol. The van der Waals surface area contributed by atoms with Gasteiger partial charge in [0.1, 0.15) is 0 Å². The fraction of sp³-hybridized carbons (Fsp3) is 0.250. The summed E-state index contributed by atoms with van der Waals surface area (Å²) in [5.41, 5.74) is 3.26. The number of methoxy groups -OCH3 is 6. The Morgan fingerprint density at radius 1 is 0.406 bits per heavy atom. The van der Waals surface area contributed by atoms with E-state index in [0.29, 0.717) is 34.5 Å². The van der Waals surface area contributed by atoms with Crippen molar-refractivity contribution in [3.05, 3.63) is 48.5 Å². The highest BCUT2D eigenvalue weighted by molar-refractivity contribution is 5.76. The molecule has 3 aromatic rings. The van der Waals surface area contributed by atoms with Crippen molar-refractivity contribution in [2.45, 2.75) is 0 Å². The van der Waals surface area contributed by atoms with Gasteiger partial charge in [0, 0.05) is 11.4 Å². The molecule has 0 aliphatic heterocycles. The summed E-state index contributed by atoms with van der Waals surface area (Å²) in [6, 6.07) is 15.2. The molecule has 170 valence electrons. The van der Waals surface area contributed by atoms with Gasteiger partial charge < -0.3 is 39.1 Å². The largest absolute Gasteiger partial charge is 0.493 e. The van der Waals surface area contributed by atoms with Crippen molar-refractivity contribution in [1.29, 1.82) is 0 Å². The van der Waals surface area contributed by atoms with Crippen LogP contribution < -0.4 is 39.1 Å². The third-order valence-electron chi connectivity index (χ3n) is 4.85. The molecule has 0 heterocycles. The summed E-state index contributed by atoms with van der Waals surface area (Å²) in [5.74, 6) is 3.36. The van der Waals surface area contributed by atoms with Gasteiger partial charge in [-0.05, 0) is 48.5 Å². The fourth-order valence-electron chi connectivity index (χ4n) is 3.35. The molecular formula is C24H28N2O6. The van der Waals surface area contributed by atoms with Crippen LogP contribution in [0.15, 0.2) is 48.5 Å². The van der Waals surface area contributed by atoms with Crippen LogP contribution in [0.2, 0.25) is 0 Å². The second-order valence-electron chi connectivity index (χ2n) is 6.59. The molecule has 0 atom stereocenters. The first-order chi connectivity index (χ1) is 15.6. The third-order valence-corrected chi connectivity index (χ3v) is 4.85. The maximum Gasteiger partial charge on any atom is 0.205 e. The molecule has 0 aliphatic rings. The summed E-state index contributed by atoms with van der Waals surface area (Å²) in [7, 11) is 9.51. The van der Waals surface area contributed by atoms with Crippen LogP contribution in [0, 0.1) is 0 Å². The standard InChI is InChI=1S/C24H28N2O6/c1-27-19-13-11-17(21(29-3)23(19)31-5)25-15-7-9-16(10-8-15)26-18-12-14-20(28-2)24(32-6)22(18)30-4/h7-14,25-26H,1-6H3. The Hall–Kier alpha value is -3.94. The molecule has 0 saturated carbocycles. The lowest BCUT2D eigenvalue weighted by molar-refractivity contribution is 0.325. The minimum absolute atomic E-state index is 0.527. The maximum atomic E-state index is 5.54. The van der Waals surface area contributed by atoms with Crippen molar-refractivity contribution in [2.75, 3.05) is 53.3 Å². The Morgan fingerprint density at radius 2 is 0.750 bits per heavy atom. The van der Waals surface area contributed by atoms with E-state index in [-0.39, 0.29) is 0 Å². The molecule has 0 unspecified atom stereocenters. The zero-order chi connectivity index (χ0) is 23.1. The van der Waals surface area contributed by atoms with Gasteiger partial charge in [-0.1, -0.05) is 0 Å². The minimum atomic E-state index is 0.527. The SMILES string of the molecule is COc1ccc(Nc2ccc(Nc3ccc(OC)c(OC)c3OC)cc2)c(OC)c1OC. The predicted molar refractivity (Wildman–Crippen MR) is 125 cm³/mol. The van der Waals surface area contributed by atoms with Crippen molar-refractivity contribution in [1.82, 2.24) is 0 Å². The molecule has 0 saturated heterocycles. The third kappa shape index (κ3) is 4.54. The number of anilines is 4. The highest BCUT2D eigenvalue weighted by Gasteiger charge is 2.17. The van der Waals surface area contributed by atoms with Crippen LogP contribution in [0.25, 0.3) is 0 Å². The van der Waals surface area contributed by atoms with Crippen molar-refractivity contribution in [3.63, 3.8) is 0 Å². The first-order valence-electron chi connectivity index (χ1n) is 9.82. The van der Waals surface area contributed by atoms with Gasteiger partial charge in [0.05, 0.1) is 54.0 Å². The molecule has 0 spiro atoms. The number of hydrogen-bond acceptors (Lipinski definition) is 8. The van der Waals surface area contributed by atoms with Crippen molar-refractivity contribution >= 4 is 22.7 Å². The molecule has 3 aromatic carbocycles. The van der Waals surface area contributed by atoms with Crippen LogP contribution in [0.3, 0.4) is 0 Å². The van der Waals surface area contributed by atoms with E-state index in [4.69, 9.17) is 28.4 Å². The van der Waals surface area contributed by atoms with Crippen LogP contribution in [0.5, 0.6) is 34.5 Å². The monoisotopic (exact) mass is 440 g/mol. The van der Waals surface area contributed by atoms with E-state index in [2.05, 4.69) is 10.6 Å². The summed E-state index contributed by atoms with van der Waals surface area (Å²) >= 11 is 0. The second kappa shape index (κ2) is 10.4. The van der Waals surface area contributed by atoms with E-state index >= 15 is 0 Å². The molecule has 0 radical (unpaired) electrons. The number of nitrogens with one attached hydrogen (secondary N) is 2. The van der Waals surface area contributed by atoms with Crippen LogP contribution in [-0.2, 0) is 0 Å². The second-order valence-corrected chi connectivity index (χ2v) is 6.59. The summed E-state index contributed by atoms with van der Waals surface area (Å²) in [4.78, 5) is 0. The molecule has 3 rings (SSSR count). The Morgan fingerprint density at radius 3 is 1.03 bits per heavy atom. The molecule has 2 N–H and O–H groups in total. The highest BCUT2D eigenvalue weighted by atomic mass is 16.5. The molecule has 8 nitrogen and oxygen atoms in total. The van der Waals surface area contributed by atoms with Gasteiger partial charge in [-0.2, -0.15) is 0 Å². The van der Waals surface area contributed by atoms with Gasteiger partial charge in [0.2, 0.25) is 11.5 Å². The Labute approximate surface area is 188 Å². The Balaban J connectivity index is 1.83. The Kier molecular flexibility index (Phi) is 7.38. The van der Waals surface area contributed by atoms with Crippen molar-refractivity contribution in [3.8, 4) is 34.5 Å². The molecule has 0 aromatic heterocycles. The zero-order valence-electron chi connectivity index (χ0n) is 19.1. The molecule has 8 heteroatoms. The smallest absolute Gasteiger partial charge is 0.205 e. The lowest BCUT2D eigenvalue weighted by atomic mass is 10.2. The van der Waals surface area contributed by atoms with Gasteiger partial charge >= 0.3 is 0 Å². The maximum absolute atomic E-state index is 5.54. The summed E-state index contributed by atoms with van der Waals surface area (Å²) in [5, 5.41) is 6.69. The van der Waals surface area contributed by atoms with Gasteiger partial charge in [-0.25, -0.2) is 0 Å². The van der Waals surface area contributed by atoms with Crippen LogP contribution in [-0.4, -0.2) is 42.7 Å². The molecule has 0 amide bonds. The average Bonchev–Trinajstić information content (AvgIpc) is 2.84. The van der Waals surface area contributed by atoms with E-state index in [9.17, 15) is 0 Å². The van der Waals surface area contributed by atoms with Gasteiger partial charge in [0.15, 0.2) is 23.0 Å². The summed E-state index contributed by atoms with van der Waals surface area (Å²) in [6.07, 6.45) is 0. The van der Waals surface area contributed by atoms with Crippen molar-refractivity contribution < 1.29 is 28.4 Å². The lowest BCUT2D eigenvalue weighted by Gasteiger charge is -2.18. The number of hydrogen-bond donors (Lipinski definition) is 2. The van der Waals surface area contributed by atoms with E-state index in [0.717, 1.165) is 22.7 Å². The van der Waals surface area contributed by atoms with Crippen LogP contribution in [0.1, 0.15) is 0 Å². The van der Waals surface area contributed by atoms with Gasteiger partial charge in [-0.15, -0.1) is 0 Å². The molecule has 0 bridgehead atoms. The zero-order valence-corrected chi connectivity index (χ0v) is 19.1. The Bertz CT molecular complexity index is 969. The van der Waals surface area contributed by atoms with E-state index in [1.165, 1.54) is 0 Å². The minimum Gasteiger partial charge on any atom is -0.493 e. The number of rotatable bonds is 10. The molecule has 0 fully saturated rings. The van der Waals surface area contributed by atoms with Crippen LogP contribution in [0.4, 0.5) is 22.7 Å². The first kappa shape index (κ1) is 22.7. The normalized spacial score (nSPS) is 10.2. The fourth-order valence-corrected chi connectivity index (χ4v) is 3.35. The molecule has 32 heavy (non-hydrogen) atoms. The molecular weight excluding hydrogens is 412 g/mol. The van der Waals surface area contributed by atoms with Crippen LogP contribution >= 0.6 is 0 Å². The van der Waals surface area contributed by atoms with Crippen molar-refractivity contribution in [2.24, 2.45) is 0 Å². The molecule has 0 aliphatic carbocycles. The quantitative estimate of drug-likeness (QED) is 0.444. The van der Waals surface area contributed by atoms with Gasteiger partial charge in [0.25, 0.3) is 0 Å². The van der Waals surface area contributed by atoms with E-state index < -0.39 is 0 Å². The predicted octanol–water partition coefficient (Wildman–Crippen LogP) is 5.23. The number of ether oxygens (including phenoxy) is 6. The summed E-state index contributed by atoms with van der Waals surface area (Å²) in [6.45, 7) is 0. The summed E-state index contributed by atoms with van der Waals surface area (Å²) < 4.78 is 32.6. The van der Waals surface area contributed by atoms with E-state index in [1.807, 2.05) is 48.5 Å². The van der Waals surface area contributed by atoms with E-state index in [1.54, 1.807) is 42.7 Å². The highest BCUT2D eigenvalue weighted by Crippen LogP contribution is 2.45. The number of benzene rings is 3. The first-order valence-corrected chi connectivity index (χ1v) is 9.82. The lowest BCUT2D eigenvalue weighted by Crippen LogP contribution is -2.00. The van der Waals surface area contributed by atoms with Gasteiger partial charge in [-0.3, -0.25) is 0 Å². The topological polar surface area (TPSA) is 79.4 Å².